The van der Waals surface area contributed by atoms with Crippen LogP contribution in [0.5, 0.6) is 0 Å². The van der Waals surface area contributed by atoms with Gasteiger partial charge in [-0.1, -0.05) is 76.6 Å². The molecule has 1 aliphatic rings. The topological polar surface area (TPSA) is 38.3 Å². The van der Waals surface area contributed by atoms with E-state index in [-0.39, 0.29) is 16.8 Å². The summed E-state index contributed by atoms with van der Waals surface area (Å²) in [6.07, 6.45) is -0.710. The highest BCUT2D eigenvalue weighted by molar-refractivity contribution is 9.10. The van der Waals surface area contributed by atoms with Gasteiger partial charge in [0.05, 0.1) is 0 Å². The molecule has 3 nitrogen and oxygen atoms in total. The van der Waals surface area contributed by atoms with Crippen LogP contribution in [0.3, 0.4) is 0 Å². The first kappa shape index (κ1) is 13.3. The molecular weight excluding hydrogens is 318 g/mol. The molecule has 1 aliphatic heterocycles. The lowest BCUT2D eigenvalue weighted by molar-refractivity contribution is -0.141. The maximum atomic E-state index is 12.1. The number of carbonyl (C=O) groups excluding carboxylic acids is 1. The van der Waals surface area contributed by atoms with Gasteiger partial charge in [-0.25, -0.2) is 0 Å². The summed E-state index contributed by atoms with van der Waals surface area (Å²) in [4.78, 5) is 11.7. The van der Waals surface area contributed by atoms with Crippen molar-refractivity contribution in [2.75, 3.05) is 0 Å². The van der Waals surface area contributed by atoms with Gasteiger partial charge in [0.2, 0.25) is 5.91 Å². The fraction of sp³-hybridized carbons (Fsp3) is 0.188. The van der Waals surface area contributed by atoms with Crippen molar-refractivity contribution in [1.29, 1.82) is 0 Å². The van der Waals surface area contributed by atoms with Crippen LogP contribution in [-0.4, -0.2) is 10.7 Å². The zero-order valence-electron chi connectivity index (χ0n) is 10.7. The molecule has 20 heavy (non-hydrogen) atoms. The van der Waals surface area contributed by atoms with Gasteiger partial charge in [-0.3, -0.25) is 4.79 Å². The Hall–Kier alpha value is -1.65. The van der Waals surface area contributed by atoms with E-state index >= 15 is 0 Å². The van der Waals surface area contributed by atoms with Crippen LogP contribution in [0.15, 0.2) is 60.7 Å². The smallest absolute Gasteiger partial charge is 0.239 e. The average Bonchev–Trinajstić information content (AvgIpc) is 2.51. The molecule has 1 fully saturated rings. The molecule has 4 heteroatoms. The molecule has 3 atom stereocenters. The molecule has 0 aliphatic carbocycles. The van der Waals surface area contributed by atoms with Crippen LogP contribution in [0, 0.1) is 0 Å². The Kier molecular flexibility index (Phi) is 3.85. The molecule has 0 spiro atoms. The number of nitrogens with one attached hydrogen (secondary N) is 1. The van der Waals surface area contributed by atoms with Crippen LogP contribution in [-0.2, 0) is 9.53 Å². The molecule has 0 bridgehead atoms. The Bertz CT molecular complexity index is 588. The fourth-order valence-electron chi connectivity index (χ4n) is 2.28. The summed E-state index contributed by atoms with van der Waals surface area (Å²) in [5.74, 6) is -0.0565. The van der Waals surface area contributed by atoms with Crippen LogP contribution < -0.4 is 5.32 Å². The standard InChI is InChI=1S/C16H14BrNO2/c17-13-14(11-7-3-1-4-8-11)20-16(18-15(13)19)12-9-5-2-6-10-12/h1-10,13-14,16H,(H,18,19)/t13-,14+,16-/m1/s1. The monoisotopic (exact) mass is 331 g/mol. The van der Waals surface area contributed by atoms with Crippen molar-refractivity contribution in [3.05, 3.63) is 71.8 Å². The Morgan fingerprint density at radius 3 is 2.05 bits per heavy atom. The molecule has 1 N–H and O–H groups in total. The van der Waals surface area contributed by atoms with E-state index in [4.69, 9.17) is 4.74 Å². The molecule has 0 radical (unpaired) electrons. The van der Waals surface area contributed by atoms with Crippen molar-refractivity contribution in [1.82, 2.24) is 5.32 Å². The van der Waals surface area contributed by atoms with Crippen molar-refractivity contribution in [3.63, 3.8) is 0 Å². The SMILES string of the molecule is O=C1N[C@@H](c2ccccc2)O[C@@H](c2ccccc2)[C@H]1Br. The molecule has 3 rings (SSSR count). The minimum Gasteiger partial charge on any atom is -0.345 e. The number of benzene rings is 2. The fourth-order valence-corrected chi connectivity index (χ4v) is 2.84. The summed E-state index contributed by atoms with van der Waals surface area (Å²) < 4.78 is 6.06. The lowest BCUT2D eigenvalue weighted by Crippen LogP contribution is -2.45. The van der Waals surface area contributed by atoms with E-state index in [1.807, 2.05) is 60.7 Å². The van der Waals surface area contributed by atoms with Gasteiger partial charge >= 0.3 is 0 Å². The molecule has 0 saturated carbocycles. The number of rotatable bonds is 2. The molecule has 2 aromatic carbocycles. The predicted octanol–water partition coefficient (Wildman–Crippen LogP) is 3.34. The molecule has 102 valence electrons. The third-order valence-corrected chi connectivity index (χ3v) is 4.20. The van der Waals surface area contributed by atoms with E-state index in [9.17, 15) is 4.79 Å². The second-order valence-corrected chi connectivity index (χ2v) is 5.65. The Balaban J connectivity index is 1.89. The lowest BCUT2D eigenvalue weighted by Gasteiger charge is -2.34. The second kappa shape index (κ2) is 5.77. The molecule has 1 amide bonds. The van der Waals surface area contributed by atoms with Crippen LogP contribution in [0.2, 0.25) is 0 Å². The van der Waals surface area contributed by atoms with Crippen LogP contribution in [0.4, 0.5) is 0 Å². The minimum atomic E-state index is -0.414. The first-order valence-corrected chi connectivity index (χ1v) is 7.37. The Labute approximate surface area is 126 Å². The van der Waals surface area contributed by atoms with E-state index in [0.717, 1.165) is 11.1 Å². The summed E-state index contributed by atoms with van der Waals surface area (Å²) in [5, 5.41) is 2.87. The number of carbonyl (C=O) groups is 1. The molecule has 0 unspecified atom stereocenters. The van der Waals surface area contributed by atoms with Crippen LogP contribution >= 0.6 is 15.9 Å². The van der Waals surface area contributed by atoms with Crippen molar-refractivity contribution in [2.24, 2.45) is 0 Å². The first-order valence-electron chi connectivity index (χ1n) is 6.45. The van der Waals surface area contributed by atoms with E-state index in [0.29, 0.717) is 0 Å². The van der Waals surface area contributed by atoms with Gasteiger partial charge in [0.1, 0.15) is 10.9 Å². The highest BCUT2D eigenvalue weighted by Crippen LogP contribution is 2.35. The van der Waals surface area contributed by atoms with Gasteiger partial charge in [-0.05, 0) is 5.56 Å². The van der Waals surface area contributed by atoms with Crippen molar-refractivity contribution in [2.45, 2.75) is 17.2 Å². The summed E-state index contributed by atoms with van der Waals surface area (Å²) in [7, 11) is 0. The molecule has 1 heterocycles. The van der Waals surface area contributed by atoms with E-state index in [1.54, 1.807) is 0 Å². The maximum Gasteiger partial charge on any atom is 0.239 e. The Morgan fingerprint density at radius 1 is 0.900 bits per heavy atom. The Morgan fingerprint density at radius 2 is 1.45 bits per heavy atom. The molecule has 1 saturated heterocycles. The second-order valence-electron chi connectivity index (χ2n) is 4.67. The van der Waals surface area contributed by atoms with Gasteiger partial charge in [0.15, 0.2) is 6.23 Å². The van der Waals surface area contributed by atoms with Crippen LogP contribution in [0.1, 0.15) is 23.5 Å². The number of hydrogen-bond donors (Lipinski definition) is 1. The molecular formula is C16H14BrNO2. The largest absolute Gasteiger partial charge is 0.345 e. The zero-order chi connectivity index (χ0) is 13.9. The average molecular weight is 332 g/mol. The van der Waals surface area contributed by atoms with Crippen LogP contribution in [0.25, 0.3) is 0 Å². The number of ether oxygens (including phenoxy) is 1. The lowest BCUT2D eigenvalue weighted by atomic mass is 10.0. The van der Waals surface area contributed by atoms with E-state index in [1.165, 1.54) is 0 Å². The molecule has 2 aromatic rings. The van der Waals surface area contributed by atoms with Gasteiger partial charge in [0.25, 0.3) is 0 Å². The van der Waals surface area contributed by atoms with Gasteiger partial charge in [-0.2, -0.15) is 0 Å². The summed E-state index contributed by atoms with van der Waals surface area (Å²) >= 11 is 3.42. The minimum absolute atomic E-state index is 0.0565. The van der Waals surface area contributed by atoms with E-state index < -0.39 is 6.23 Å². The van der Waals surface area contributed by atoms with Crippen molar-refractivity contribution in [3.8, 4) is 0 Å². The van der Waals surface area contributed by atoms with Gasteiger partial charge in [0, 0.05) is 5.56 Å². The molecule has 0 aromatic heterocycles. The summed E-state index contributed by atoms with van der Waals surface area (Å²) in [6.45, 7) is 0. The third kappa shape index (κ3) is 2.62. The van der Waals surface area contributed by atoms with Crippen molar-refractivity contribution >= 4 is 21.8 Å². The number of hydrogen-bond acceptors (Lipinski definition) is 2. The normalized spacial score (nSPS) is 26.1. The van der Waals surface area contributed by atoms with Crippen molar-refractivity contribution < 1.29 is 9.53 Å². The zero-order valence-corrected chi connectivity index (χ0v) is 12.3. The number of amides is 1. The van der Waals surface area contributed by atoms with Gasteiger partial charge < -0.3 is 10.1 Å². The number of alkyl halides is 1. The summed E-state index contributed by atoms with van der Waals surface area (Å²) in [5.41, 5.74) is 1.94. The summed E-state index contributed by atoms with van der Waals surface area (Å²) in [6, 6.07) is 19.5. The third-order valence-electron chi connectivity index (χ3n) is 3.30. The maximum absolute atomic E-state index is 12.1. The van der Waals surface area contributed by atoms with Gasteiger partial charge in [-0.15, -0.1) is 0 Å². The number of halogens is 1. The predicted molar refractivity (Wildman–Crippen MR) is 80.3 cm³/mol. The quantitative estimate of drug-likeness (QED) is 0.857. The van der Waals surface area contributed by atoms with E-state index in [2.05, 4.69) is 21.2 Å². The first-order chi connectivity index (χ1) is 9.75. The highest BCUT2D eigenvalue weighted by Gasteiger charge is 2.36. The highest BCUT2D eigenvalue weighted by atomic mass is 79.9.